The third-order valence-corrected chi connectivity index (χ3v) is 2.58. The van der Waals surface area contributed by atoms with Crippen molar-refractivity contribution >= 4 is 9.84 Å². The molecule has 0 rings (SSSR count). The summed E-state index contributed by atoms with van der Waals surface area (Å²) in [7, 11) is -1.31. The summed E-state index contributed by atoms with van der Waals surface area (Å²) in [5.74, 6) is 0. The average Bonchev–Trinajstić information content (AvgIpc) is 2.02. The third kappa shape index (κ3) is 5.25. The Morgan fingerprint density at radius 1 is 1.31 bits per heavy atom. The third-order valence-electron chi connectivity index (χ3n) is 1.35. The summed E-state index contributed by atoms with van der Waals surface area (Å²) in [4.78, 5) is 0.327. The zero-order valence-electron chi connectivity index (χ0n) is 8.11. The van der Waals surface area contributed by atoms with Crippen molar-refractivity contribution in [1.29, 1.82) is 0 Å². The van der Waals surface area contributed by atoms with E-state index in [0.29, 0.717) is 4.91 Å². The van der Waals surface area contributed by atoms with Gasteiger partial charge in [-0.05, 0) is 25.3 Å². The first-order chi connectivity index (χ1) is 6.02. The fourth-order valence-corrected chi connectivity index (χ4v) is 1.49. The van der Waals surface area contributed by atoms with E-state index in [1.165, 1.54) is 6.26 Å². The summed E-state index contributed by atoms with van der Waals surface area (Å²) in [5.41, 5.74) is 0. The molecule has 0 saturated carbocycles. The molecule has 1 N–H and O–H groups in total. The van der Waals surface area contributed by atoms with E-state index >= 15 is 0 Å². The Balaban J connectivity index is 4.51. The molecule has 0 radical (unpaired) electrons. The Morgan fingerprint density at radius 2 is 1.92 bits per heavy atom. The summed E-state index contributed by atoms with van der Waals surface area (Å²) in [6.07, 6.45) is 9.43. The molecular weight excluding hydrogens is 186 g/mol. The molecule has 3 nitrogen and oxygen atoms in total. The second-order valence-corrected chi connectivity index (χ2v) is 4.49. The Bertz CT molecular complexity index is 324. The van der Waals surface area contributed by atoms with E-state index in [4.69, 9.17) is 0 Å². The maximum absolute atomic E-state index is 11.1. The van der Waals surface area contributed by atoms with E-state index in [1.54, 1.807) is 44.5 Å². The van der Waals surface area contributed by atoms with Gasteiger partial charge in [0.15, 0.2) is 9.84 Å². The molecule has 0 fully saturated rings. The molecule has 0 amide bonds. The van der Waals surface area contributed by atoms with Crippen LogP contribution >= 0.6 is 0 Å². The highest BCUT2D eigenvalue weighted by Gasteiger charge is 2.04. The molecule has 0 spiro atoms. The zero-order chi connectivity index (χ0) is 10.3. The predicted molar refractivity (Wildman–Crippen MR) is 55.9 cm³/mol. The molecule has 0 aromatic carbocycles. The van der Waals surface area contributed by atoms with Crippen LogP contribution in [0.2, 0.25) is 0 Å². The zero-order valence-corrected chi connectivity index (χ0v) is 8.93. The highest BCUT2D eigenvalue weighted by molar-refractivity contribution is 7.94. The lowest BCUT2D eigenvalue weighted by Crippen LogP contribution is -1.97. The number of nitrogens with one attached hydrogen (secondary N) is 1. The fraction of sp³-hybridized carbons (Fsp3) is 0.333. The van der Waals surface area contributed by atoms with Gasteiger partial charge in [-0.1, -0.05) is 12.2 Å². The second-order valence-electron chi connectivity index (χ2n) is 2.47. The van der Waals surface area contributed by atoms with Crippen LogP contribution in [0.25, 0.3) is 0 Å². The standard InChI is InChI=1S/C9H15NO2S/c1-4-9(13(3,11)12)7-5-6-8-10-2/h4-8,10H,1-3H3/b7-5-,8-6+,9-4+. The Kier molecular flexibility index (Phi) is 5.14. The molecule has 0 aromatic heterocycles. The minimum Gasteiger partial charge on any atom is -0.394 e. The topological polar surface area (TPSA) is 46.2 Å². The van der Waals surface area contributed by atoms with Gasteiger partial charge in [-0.2, -0.15) is 0 Å². The van der Waals surface area contributed by atoms with Crippen molar-refractivity contribution in [3.8, 4) is 0 Å². The highest BCUT2D eigenvalue weighted by atomic mass is 32.2. The van der Waals surface area contributed by atoms with Crippen molar-refractivity contribution in [2.75, 3.05) is 13.3 Å². The van der Waals surface area contributed by atoms with Crippen LogP contribution in [0.15, 0.2) is 35.4 Å². The minimum absolute atomic E-state index is 0.327. The predicted octanol–water partition coefficient (Wildman–Crippen LogP) is 1.22. The Hall–Kier alpha value is -1.03. The van der Waals surface area contributed by atoms with E-state index in [2.05, 4.69) is 5.32 Å². The number of sulfone groups is 1. The molecule has 0 heterocycles. The SMILES string of the molecule is C\C=C(/C=C\C=C\NC)S(C)(=O)=O. The van der Waals surface area contributed by atoms with Gasteiger partial charge in [-0.25, -0.2) is 8.42 Å². The van der Waals surface area contributed by atoms with Crippen LogP contribution in [0, 0.1) is 0 Å². The number of allylic oxidation sites excluding steroid dienone is 4. The molecule has 0 aliphatic heterocycles. The van der Waals surface area contributed by atoms with Gasteiger partial charge < -0.3 is 5.32 Å². The molecule has 13 heavy (non-hydrogen) atoms. The summed E-state index contributed by atoms with van der Waals surface area (Å²) in [5, 5.41) is 2.80. The van der Waals surface area contributed by atoms with E-state index in [1.807, 2.05) is 0 Å². The van der Waals surface area contributed by atoms with E-state index in [9.17, 15) is 8.42 Å². The molecule has 0 aliphatic rings. The first-order valence-corrected chi connectivity index (χ1v) is 5.78. The van der Waals surface area contributed by atoms with Gasteiger partial charge in [0.25, 0.3) is 0 Å². The van der Waals surface area contributed by atoms with Crippen LogP contribution in [0.3, 0.4) is 0 Å². The van der Waals surface area contributed by atoms with Crippen LogP contribution in [0.5, 0.6) is 0 Å². The van der Waals surface area contributed by atoms with Crippen LogP contribution < -0.4 is 5.32 Å². The molecule has 0 saturated heterocycles. The van der Waals surface area contributed by atoms with Gasteiger partial charge in [0.1, 0.15) is 0 Å². The van der Waals surface area contributed by atoms with Gasteiger partial charge in [0.05, 0.1) is 4.91 Å². The van der Waals surface area contributed by atoms with Crippen molar-refractivity contribution in [2.45, 2.75) is 6.92 Å². The van der Waals surface area contributed by atoms with Crippen LogP contribution in [-0.4, -0.2) is 21.7 Å². The molecule has 0 aliphatic carbocycles. The number of rotatable bonds is 4. The summed E-state index contributed by atoms with van der Waals surface area (Å²) >= 11 is 0. The maximum Gasteiger partial charge on any atom is 0.175 e. The largest absolute Gasteiger partial charge is 0.394 e. The van der Waals surface area contributed by atoms with E-state index in [0.717, 1.165) is 0 Å². The summed E-state index contributed by atoms with van der Waals surface area (Å²) in [6.45, 7) is 1.70. The molecule has 0 unspecified atom stereocenters. The Morgan fingerprint density at radius 3 is 2.31 bits per heavy atom. The van der Waals surface area contributed by atoms with Crippen molar-refractivity contribution < 1.29 is 8.42 Å². The molecular formula is C9H15NO2S. The lowest BCUT2D eigenvalue weighted by atomic mass is 10.4. The first-order valence-electron chi connectivity index (χ1n) is 3.89. The Labute approximate surface area is 79.8 Å². The average molecular weight is 201 g/mol. The van der Waals surface area contributed by atoms with Gasteiger partial charge >= 0.3 is 0 Å². The van der Waals surface area contributed by atoms with Crippen molar-refractivity contribution in [3.05, 3.63) is 35.4 Å². The van der Waals surface area contributed by atoms with Crippen LogP contribution in [-0.2, 0) is 9.84 Å². The first kappa shape index (κ1) is 12.0. The van der Waals surface area contributed by atoms with Crippen molar-refractivity contribution in [2.24, 2.45) is 0 Å². The summed E-state index contributed by atoms with van der Waals surface area (Å²) in [6, 6.07) is 0. The van der Waals surface area contributed by atoms with Gasteiger partial charge in [-0.15, -0.1) is 0 Å². The van der Waals surface area contributed by atoms with Crippen molar-refractivity contribution in [1.82, 2.24) is 5.32 Å². The lowest BCUT2D eigenvalue weighted by Gasteiger charge is -1.95. The van der Waals surface area contributed by atoms with Crippen LogP contribution in [0.1, 0.15) is 6.92 Å². The molecule has 4 heteroatoms. The lowest BCUT2D eigenvalue weighted by molar-refractivity contribution is 0.608. The minimum atomic E-state index is -3.08. The number of hydrogen-bond donors (Lipinski definition) is 1. The van der Waals surface area contributed by atoms with E-state index in [-0.39, 0.29) is 0 Å². The monoisotopic (exact) mass is 201 g/mol. The quantitative estimate of drug-likeness (QED) is 0.696. The highest BCUT2D eigenvalue weighted by Crippen LogP contribution is 2.05. The van der Waals surface area contributed by atoms with Crippen LogP contribution in [0.4, 0.5) is 0 Å². The van der Waals surface area contributed by atoms with Gasteiger partial charge in [-0.3, -0.25) is 0 Å². The van der Waals surface area contributed by atoms with E-state index < -0.39 is 9.84 Å². The smallest absolute Gasteiger partial charge is 0.175 e. The summed E-state index contributed by atoms with van der Waals surface area (Å²) < 4.78 is 22.1. The normalized spacial score (nSPS) is 14.2. The maximum atomic E-state index is 11.1. The fourth-order valence-electron chi connectivity index (χ4n) is 0.736. The van der Waals surface area contributed by atoms with Crippen molar-refractivity contribution in [3.63, 3.8) is 0 Å². The molecule has 0 atom stereocenters. The molecule has 74 valence electrons. The molecule has 0 aromatic rings. The molecule has 0 bridgehead atoms. The number of hydrogen-bond acceptors (Lipinski definition) is 3. The second kappa shape index (κ2) is 5.59. The van der Waals surface area contributed by atoms with Gasteiger partial charge in [0.2, 0.25) is 0 Å². The van der Waals surface area contributed by atoms with Gasteiger partial charge in [0, 0.05) is 13.3 Å².